The summed E-state index contributed by atoms with van der Waals surface area (Å²) in [6.07, 6.45) is 6.87. The van der Waals surface area contributed by atoms with Gasteiger partial charge in [0.2, 0.25) is 5.95 Å². The van der Waals surface area contributed by atoms with Gasteiger partial charge in [-0.05, 0) is 33.6 Å². The van der Waals surface area contributed by atoms with Gasteiger partial charge in [0.15, 0.2) is 0 Å². The number of anilines is 1. The summed E-state index contributed by atoms with van der Waals surface area (Å²) in [4.78, 5) is 24.8. The first-order valence-corrected chi connectivity index (χ1v) is 9.05. The predicted molar refractivity (Wildman–Crippen MR) is 94.4 cm³/mol. The lowest BCUT2D eigenvalue weighted by atomic mass is 9.95. The van der Waals surface area contributed by atoms with E-state index in [1.54, 1.807) is 17.3 Å². The Morgan fingerprint density at radius 2 is 1.68 bits per heavy atom. The maximum absolute atomic E-state index is 12.1. The summed E-state index contributed by atoms with van der Waals surface area (Å²) in [5.74, 6) is 0.647. The lowest BCUT2D eigenvalue weighted by Crippen LogP contribution is -2.50. The summed E-state index contributed by atoms with van der Waals surface area (Å²) in [5.41, 5.74) is -0.428. The average molecular weight is 348 g/mol. The number of rotatable bonds is 2. The summed E-state index contributed by atoms with van der Waals surface area (Å²) >= 11 is 0. The highest BCUT2D eigenvalue weighted by molar-refractivity contribution is 5.68. The molecule has 0 unspecified atom stereocenters. The van der Waals surface area contributed by atoms with E-state index in [-0.39, 0.29) is 6.09 Å². The molecular weight excluding hydrogens is 320 g/mol. The van der Waals surface area contributed by atoms with Gasteiger partial charge in [0.25, 0.3) is 0 Å². The van der Waals surface area contributed by atoms with Crippen LogP contribution in [0.15, 0.2) is 12.4 Å². The molecule has 1 N–H and O–H groups in total. The van der Waals surface area contributed by atoms with E-state index >= 15 is 0 Å². The number of hydrogen-bond donors (Lipinski definition) is 1. The standard InChI is InChI=1S/C18H28N4O3/c1-17(2,3)25-16(23)22-10-8-21(9-11-22)15-19-12-14(13-20-15)18(24)6-4-5-7-18/h12-13,24H,4-11H2,1-3H3. The second-order valence-electron chi connectivity index (χ2n) is 7.96. The number of nitrogens with zero attached hydrogens (tertiary/aromatic N) is 4. The highest BCUT2D eigenvalue weighted by Crippen LogP contribution is 2.38. The minimum Gasteiger partial charge on any atom is -0.444 e. The van der Waals surface area contributed by atoms with Gasteiger partial charge < -0.3 is 19.6 Å². The Morgan fingerprint density at radius 3 is 2.20 bits per heavy atom. The van der Waals surface area contributed by atoms with E-state index < -0.39 is 11.2 Å². The molecule has 2 aliphatic rings. The molecule has 1 aliphatic heterocycles. The van der Waals surface area contributed by atoms with E-state index in [9.17, 15) is 9.90 Å². The number of ether oxygens (including phenoxy) is 1. The van der Waals surface area contributed by atoms with Crippen LogP contribution in [0.5, 0.6) is 0 Å². The first kappa shape index (κ1) is 17.9. The van der Waals surface area contributed by atoms with Crippen molar-refractivity contribution < 1.29 is 14.6 Å². The minimum atomic E-state index is -0.756. The van der Waals surface area contributed by atoms with Gasteiger partial charge in [0.1, 0.15) is 5.60 Å². The number of carbonyl (C=O) groups is 1. The van der Waals surface area contributed by atoms with Crippen molar-refractivity contribution in [2.24, 2.45) is 0 Å². The molecule has 1 saturated heterocycles. The topological polar surface area (TPSA) is 78.8 Å². The maximum atomic E-state index is 12.1. The average Bonchev–Trinajstić information content (AvgIpc) is 3.02. The fourth-order valence-electron chi connectivity index (χ4n) is 3.39. The van der Waals surface area contributed by atoms with Gasteiger partial charge in [-0.2, -0.15) is 0 Å². The van der Waals surface area contributed by atoms with Crippen LogP contribution in [0.1, 0.15) is 52.0 Å². The van der Waals surface area contributed by atoms with E-state index in [1.807, 2.05) is 20.8 Å². The molecule has 0 bridgehead atoms. The van der Waals surface area contributed by atoms with E-state index in [1.165, 1.54) is 0 Å². The molecule has 0 spiro atoms. The van der Waals surface area contributed by atoms with Crippen LogP contribution in [0, 0.1) is 0 Å². The summed E-state index contributed by atoms with van der Waals surface area (Å²) in [5, 5.41) is 10.6. The molecule has 1 aromatic rings. The number of aromatic nitrogens is 2. The Bertz CT molecular complexity index is 598. The molecular formula is C18H28N4O3. The Hall–Kier alpha value is -1.89. The molecule has 0 atom stereocenters. The number of amides is 1. The zero-order chi connectivity index (χ0) is 18.1. The van der Waals surface area contributed by atoms with Crippen molar-refractivity contribution in [2.75, 3.05) is 31.1 Å². The lowest BCUT2D eigenvalue weighted by Gasteiger charge is -2.35. The maximum Gasteiger partial charge on any atom is 0.410 e. The van der Waals surface area contributed by atoms with Crippen LogP contribution in [-0.2, 0) is 10.3 Å². The van der Waals surface area contributed by atoms with Crippen LogP contribution in [0.3, 0.4) is 0 Å². The van der Waals surface area contributed by atoms with Gasteiger partial charge in [-0.3, -0.25) is 0 Å². The Balaban J connectivity index is 1.57. The number of hydrogen-bond acceptors (Lipinski definition) is 6. The molecule has 2 heterocycles. The van der Waals surface area contributed by atoms with Crippen molar-refractivity contribution in [1.82, 2.24) is 14.9 Å². The monoisotopic (exact) mass is 348 g/mol. The summed E-state index contributed by atoms with van der Waals surface area (Å²) in [6, 6.07) is 0. The third-order valence-corrected chi connectivity index (χ3v) is 4.82. The molecule has 138 valence electrons. The van der Waals surface area contributed by atoms with E-state index in [0.717, 1.165) is 31.2 Å². The molecule has 1 aromatic heterocycles. The largest absolute Gasteiger partial charge is 0.444 e. The second-order valence-corrected chi connectivity index (χ2v) is 7.96. The van der Waals surface area contributed by atoms with Gasteiger partial charge in [-0.25, -0.2) is 14.8 Å². The Kier molecular flexibility index (Phi) is 4.86. The summed E-state index contributed by atoms with van der Waals surface area (Å²) < 4.78 is 5.41. The van der Waals surface area contributed by atoms with E-state index in [2.05, 4.69) is 14.9 Å². The van der Waals surface area contributed by atoms with Crippen LogP contribution >= 0.6 is 0 Å². The van der Waals surface area contributed by atoms with Crippen molar-refractivity contribution in [2.45, 2.75) is 57.7 Å². The van der Waals surface area contributed by atoms with Gasteiger partial charge in [0.05, 0.1) is 5.60 Å². The molecule has 0 aromatic carbocycles. The molecule has 7 nitrogen and oxygen atoms in total. The molecule has 7 heteroatoms. The van der Waals surface area contributed by atoms with Crippen LogP contribution in [0.25, 0.3) is 0 Å². The summed E-state index contributed by atoms with van der Waals surface area (Å²) in [6.45, 7) is 8.12. The van der Waals surface area contributed by atoms with E-state index in [0.29, 0.717) is 32.1 Å². The zero-order valence-corrected chi connectivity index (χ0v) is 15.4. The van der Waals surface area contributed by atoms with Crippen LogP contribution in [-0.4, -0.2) is 57.8 Å². The van der Waals surface area contributed by atoms with Crippen molar-refractivity contribution >= 4 is 12.0 Å². The van der Waals surface area contributed by atoms with Crippen LogP contribution in [0.2, 0.25) is 0 Å². The Labute approximate surface area is 149 Å². The van der Waals surface area contributed by atoms with Crippen LogP contribution < -0.4 is 4.90 Å². The van der Waals surface area contributed by atoms with Crippen molar-refractivity contribution in [3.63, 3.8) is 0 Å². The predicted octanol–water partition coefficient (Wildman–Crippen LogP) is 2.30. The Morgan fingerprint density at radius 1 is 1.12 bits per heavy atom. The number of aliphatic hydroxyl groups is 1. The molecule has 25 heavy (non-hydrogen) atoms. The third kappa shape index (κ3) is 4.21. The minimum absolute atomic E-state index is 0.271. The van der Waals surface area contributed by atoms with Gasteiger partial charge in [0, 0.05) is 44.1 Å². The zero-order valence-electron chi connectivity index (χ0n) is 15.4. The van der Waals surface area contributed by atoms with Gasteiger partial charge in [-0.1, -0.05) is 12.8 Å². The SMILES string of the molecule is CC(C)(C)OC(=O)N1CCN(c2ncc(C3(O)CCCC3)cn2)CC1. The van der Waals surface area contributed by atoms with Crippen LogP contribution in [0.4, 0.5) is 10.7 Å². The third-order valence-electron chi connectivity index (χ3n) is 4.82. The molecule has 2 fully saturated rings. The first-order valence-electron chi connectivity index (χ1n) is 9.05. The summed E-state index contributed by atoms with van der Waals surface area (Å²) in [7, 11) is 0. The van der Waals surface area contributed by atoms with Crippen molar-refractivity contribution in [1.29, 1.82) is 0 Å². The second kappa shape index (κ2) is 6.78. The van der Waals surface area contributed by atoms with Gasteiger partial charge in [-0.15, -0.1) is 0 Å². The highest BCUT2D eigenvalue weighted by Gasteiger charge is 2.34. The van der Waals surface area contributed by atoms with E-state index in [4.69, 9.17) is 4.74 Å². The number of piperazine rings is 1. The van der Waals surface area contributed by atoms with Crippen molar-refractivity contribution in [3.8, 4) is 0 Å². The van der Waals surface area contributed by atoms with Crippen molar-refractivity contribution in [3.05, 3.63) is 18.0 Å². The quantitative estimate of drug-likeness (QED) is 0.883. The molecule has 1 saturated carbocycles. The normalized spacial score (nSPS) is 20.6. The fraction of sp³-hybridized carbons (Fsp3) is 0.722. The fourth-order valence-corrected chi connectivity index (χ4v) is 3.39. The lowest BCUT2D eigenvalue weighted by molar-refractivity contribution is 0.0239. The number of carbonyl (C=O) groups excluding carboxylic acids is 1. The molecule has 1 amide bonds. The molecule has 3 rings (SSSR count). The smallest absolute Gasteiger partial charge is 0.410 e. The highest BCUT2D eigenvalue weighted by atomic mass is 16.6. The van der Waals surface area contributed by atoms with Gasteiger partial charge >= 0.3 is 6.09 Å². The molecule has 0 radical (unpaired) electrons. The molecule has 1 aliphatic carbocycles. The first-order chi connectivity index (χ1) is 11.8.